The third kappa shape index (κ3) is 4.71. The number of carbonyl (C=O) groups is 1. The summed E-state index contributed by atoms with van der Waals surface area (Å²) in [5.41, 5.74) is 1.13. The first-order valence-electron chi connectivity index (χ1n) is 9.35. The molecule has 1 amide bonds. The molecule has 3 rings (SSSR count). The highest BCUT2D eigenvalue weighted by atomic mass is 16.5. The minimum atomic E-state index is -0.408. The van der Waals surface area contributed by atoms with E-state index in [1.807, 2.05) is 13.8 Å². The average Bonchev–Trinajstić information content (AvgIpc) is 2.71. The summed E-state index contributed by atoms with van der Waals surface area (Å²) in [6, 6.07) is 13.3. The molecular weight excluding hydrogens is 358 g/mol. The highest BCUT2D eigenvalue weighted by Crippen LogP contribution is 2.29. The second-order valence-electron chi connectivity index (χ2n) is 6.32. The lowest BCUT2D eigenvalue weighted by Crippen LogP contribution is -2.12. The van der Waals surface area contributed by atoms with Gasteiger partial charge in [0.15, 0.2) is 11.5 Å². The van der Waals surface area contributed by atoms with Crippen molar-refractivity contribution >= 4 is 22.6 Å². The van der Waals surface area contributed by atoms with Crippen LogP contribution < -0.4 is 20.4 Å². The van der Waals surface area contributed by atoms with E-state index >= 15 is 0 Å². The van der Waals surface area contributed by atoms with Crippen LogP contribution in [-0.4, -0.2) is 19.1 Å². The molecule has 0 fully saturated rings. The zero-order valence-electron chi connectivity index (χ0n) is 16.0. The van der Waals surface area contributed by atoms with Crippen molar-refractivity contribution in [2.45, 2.75) is 26.7 Å². The van der Waals surface area contributed by atoms with Crippen LogP contribution in [0, 0.1) is 0 Å². The molecule has 0 aliphatic carbocycles. The Bertz CT molecular complexity index is 1020. The minimum Gasteiger partial charge on any atom is -0.490 e. The fourth-order valence-electron chi connectivity index (χ4n) is 2.66. The Balaban J connectivity index is 1.81. The van der Waals surface area contributed by atoms with Crippen LogP contribution in [0.3, 0.4) is 0 Å². The van der Waals surface area contributed by atoms with Gasteiger partial charge in [0.25, 0.3) is 5.91 Å². The highest BCUT2D eigenvalue weighted by molar-refractivity contribution is 6.05. The van der Waals surface area contributed by atoms with Crippen molar-refractivity contribution in [1.29, 1.82) is 0 Å². The molecule has 0 bridgehead atoms. The van der Waals surface area contributed by atoms with Crippen molar-refractivity contribution in [2.24, 2.45) is 0 Å². The minimum absolute atomic E-state index is 0.264. The van der Waals surface area contributed by atoms with Crippen LogP contribution in [0.4, 0.5) is 5.69 Å². The Hall–Kier alpha value is -3.28. The van der Waals surface area contributed by atoms with Crippen LogP contribution in [0.5, 0.6) is 11.5 Å². The van der Waals surface area contributed by atoms with Gasteiger partial charge in [0, 0.05) is 22.7 Å². The van der Waals surface area contributed by atoms with Gasteiger partial charge in [-0.3, -0.25) is 4.79 Å². The maximum Gasteiger partial charge on any atom is 0.336 e. The maximum absolute atomic E-state index is 12.7. The van der Waals surface area contributed by atoms with Gasteiger partial charge in [-0.15, -0.1) is 0 Å². The van der Waals surface area contributed by atoms with E-state index in [9.17, 15) is 9.59 Å². The van der Waals surface area contributed by atoms with E-state index in [-0.39, 0.29) is 5.91 Å². The number of nitrogens with one attached hydrogen (secondary N) is 1. The van der Waals surface area contributed by atoms with Crippen molar-refractivity contribution in [3.05, 3.63) is 64.5 Å². The second kappa shape index (κ2) is 9.08. The van der Waals surface area contributed by atoms with Crippen molar-refractivity contribution in [1.82, 2.24) is 0 Å². The van der Waals surface area contributed by atoms with E-state index in [0.717, 1.165) is 18.2 Å². The molecule has 0 saturated carbocycles. The number of benzene rings is 2. The zero-order valence-corrected chi connectivity index (χ0v) is 16.0. The fraction of sp³-hybridized carbons (Fsp3) is 0.273. The smallest absolute Gasteiger partial charge is 0.336 e. The number of rotatable bonds is 8. The van der Waals surface area contributed by atoms with Crippen molar-refractivity contribution < 1.29 is 18.7 Å². The van der Waals surface area contributed by atoms with Crippen LogP contribution in [-0.2, 0) is 0 Å². The van der Waals surface area contributed by atoms with Gasteiger partial charge in [-0.05, 0) is 55.3 Å². The van der Waals surface area contributed by atoms with Gasteiger partial charge < -0.3 is 19.2 Å². The highest BCUT2D eigenvalue weighted by Gasteiger charge is 2.12. The van der Waals surface area contributed by atoms with Gasteiger partial charge in [0.05, 0.1) is 13.2 Å². The molecule has 6 heteroatoms. The number of carbonyl (C=O) groups excluding carboxylic acids is 1. The summed E-state index contributed by atoms with van der Waals surface area (Å²) in [5, 5.41) is 3.59. The number of anilines is 1. The number of amides is 1. The Labute approximate surface area is 163 Å². The summed E-state index contributed by atoms with van der Waals surface area (Å²) >= 11 is 0. The first kappa shape index (κ1) is 19.5. The molecule has 1 aromatic heterocycles. The van der Waals surface area contributed by atoms with E-state index in [4.69, 9.17) is 13.9 Å². The number of fused-ring (bicyclic) bond motifs is 1. The molecule has 1 N–H and O–H groups in total. The summed E-state index contributed by atoms with van der Waals surface area (Å²) in [5.74, 6) is 0.927. The normalized spacial score (nSPS) is 10.6. The van der Waals surface area contributed by atoms with Crippen LogP contribution >= 0.6 is 0 Å². The molecule has 2 aromatic carbocycles. The van der Waals surface area contributed by atoms with E-state index in [0.29, 0.717) is 41.5 Å². The molecule has 3 aromatic rings. The topological polar surface area (TPSA) is 77.8 Å². The molecule has 0 radical (unpaired) electrons. The van der Waals surface area contributed by atoms with Crippen molar-refractivity contribution in [3.63, 3.8) is 0 Å². The van der Waals surface area contributed by atoms with Gasteiger partial charge in [0.1, 0.15) is 5.58 Å². The summed E-state index contributed by atoms with van der Waals surface area (Å²) in [7, 11) is 0. The lowest BCUT2D eigenvalue weighted by Gasteiger charge is -2.13. The summed E-state index contributed by atoms with van der Waals surface area (Å²) < 4.78 is 16.6. The predicted octanol–water partition coefficient (Wildman–Crippen LogP) is 4.62. The largest absolute Gasteiger partial charge is 0.490 e. The molecule has 28 heavy (non-hydrogen) atoms. The van der Waals surface area contributed by atoms with Crippen molar-refractivity contribution in [2.75, 3.05) is 18.5 Å². The molecule has 0 spiro atoms. The molecule has 0 aliphatic heterocycles. The standard InChI is InChI=1S/C22H23NO5/c1-3-11-26-19-8-5-16(14-20(19)27-12-4-2)22(25)23-17-7-9-18-15(13-17)6-10-21(24)28-18/h5-10,13-14H,3-4,11-12H2,1-2H3,(H,23,25). The lowest BCUT2D eigenvalue weighted by molar-refractivity contribution is 0.102. The van der Waals surface area contributed by atoms with Gasteiger partial charge in [-0.2, -0.15) is 0 Å². The first-order valence-corrected chi connectivity index (χ1v) is 9.35. The molecule has 0 unspecified atom stereocenters. The summed E-state index contributed by atoms with van der Waals surface area (Å²) in [6.07, 6.45) is 1.74. The molecule has 0 aliphatic rings. The fourth-order valence-corrected chi connectivity index (χ4v) is 2.66. The molecule has 0 atom stereocenters. The molecule has 146 valence electrons. The zero-order chi connectivity index (χ0) is 19.9. The number of hydrogen-bond acceptors (Lipinski definition) is 5. The van der Waals surface area contributed by atoms with Gasteiger partial charge in [-0.25, -0.2) is 4.79 Å². The van der Waals surface area contributed by atoms with Gasteiger partial charge in [0.2, 0.25) is 0 Å². The Morgan fingerprint density at radius 1 is 0.929 bits per heavy atom. The lowest BCUT2D eigenvalue weighted by atomic mass is 10.1. The second-order valence-corrected chi connectivity index (χ2v) is 6.32. The molecule has 6 nitrogen and oxygen atoms in total. The molecule has 0 saturated heterocycles. The van der Waals surface area contributed by atoms with Crippen LogP contribution in [0.15, 0.2) is 57.7 Å². The first-order chi connectivity index (χ1) is 13.6. The van der Waals surface area contributed by atoms with Gasteiger partial charge in [-0.1, -0.05) is 13.8 Å². The number of hydrogen-bond donors (Lipinski definition) is 1. The van der Waals surface area contributed by atoms with Crippen LogP contribution in [0.2, 0.25) is 0 Å². The Kier molecular flexibility index (Phi) is 6.32. The quantitative estimate of drug-likeness (QED) is 0.576. The van der Waals surface area contributed by atoms with E-state index in [1.165, 1.54) is 6.07 Å². The maximum atomic E-state index is 12.7. The predicted molar refractivity (Wildman–Crippen MR) is 108 cm³/mol. The van der Waals surface area contributed by atoms with E-state index in [2.05, 4.69) is 5.32 Å². The number of ether oxygens (including phenoxy) is 2. The monoisotopic (exact) mass is 381 g/mol. The van der Waals surface area contributed by atoms with Crippen LogP contribution in [0.1, 0.15) is 37.0 Å². The third-order valence-electron chi connectivity index (χ3n) is 4.01. The van der Waals surface area contributed by atoms with E-state index in [1.54, 1.807) is 42.5 Å². The Morgan fingerprint density at radius 2 is 1.68 bits per heavy atom. The summed E-state index contributed by atoms with van der Waals surface area (Å²) in [6.45, 7) is 5.18. The van der Waals surface area contributed by atoms with E-state index < -0.39 is 5.63 Å². The molecule has 1 heterocycles. The summed E-state index contributed by atoms with van der Waals surface area (Å²) in [4.78, 5) is 23.9. The average molecular weight is 381 g/mol. The SMILES string of the molecule is CCCOc1ccc(C(=O)Nc2ccc3oc(=O)ccc3c2)cc1OCCC. The van der Waals surface area contributed by atoms with Crippen LogP contribution in [0.25, 0.3) is 11.0 Å². The Morgan fingerprint density at radius 3 is 2.43 bits per heavy atom. The van der Waals surface area contributed by atoms with Gasteiger partial charge >= 0.3 is 5.63 Å². The third-order valence-corrected chi connectivity index (χ3v) is 4.01. The molecular formula is C22H23NO5. The van der Waals surface area contributed by atoms with Crippen molar-refractivity contribution in [3.8, 4) is 11.5 Å².